The molecule has 2 aliphatic rings. The lowest BCUT2D eigenvalue weighted by atomic mass is 9.69. The monoisotopic (exact) mass is 551 g/mol. The van der Waals surface area contributed by atoms with Gasteiger partial charge in [-0.1, -0.05) is 42.5 Å². The second-order valence-electron chi connectivity index (χ2n) is 11.7. The van der Waals surface area contributed by atoms with Gasteiger partial charge in [0.2, 0.25) is 11.8 Å². The fourth-order valence-electron chi connectivity index (χ4n) is 5.76. The summed E-state index contributed by atoms with van der Waals surface area (Å²) >= 11 is 0. The molecule has 0 saturated carbocycles. The first-order valence-electron chi connectivity index (χ1n) is 13.8. The molecule has 9 nitrogen and oxygen atoms in total. The van der Waals surface area contributed by atoms with Crippen LogP contribution in [0.3, 0.4) is 0 Å². The van der Waals surface area contributed by atoms with Crippen molar-refractivity contribution < 1.29 is 28.6 Å². The highest BCUT2D eigenvalue weighted by Crippen LogP contribution is 2.49. The van der Waals surface area contributed by atoms with Crippen LogP contribution in [0.25, 0.3) is 0 Å². The number of likely N-dealkylation sites (tertiary alicyclic amines) is 2. The number of methoxy groups -OCH3 is 1. The van der Waals surface area contributed by atoms with Crippen LogP contribution in [0.2, 0.25) is 0 Å². The van der Waals surface area contributed by atoms with Gasteiger partial charge in [0.1, 0.15) is 17.4 Å². The van der Waals surface area contributed by atoms with Crippen molar-refractivity contribution in [1.82, 2.24) is 15.1 Å². The van der Waals surface area contributed by atoms with Gasteiger partial charge in [-0.25, -0.2) is 4.79 Å². The van der Waals surface area contributed by atoms with Gasteiger partial charge in [-0.05, 0) is 56.9 Å². The summed E-state index contributed by atoms with van der Waals surface area (Å²) in [5.74, 6) is 0.494. The maximum atomic E-state index is 13.9. The Morgan fingerprint density at radius 1 is 1.10 bits per heavy atom. The van der Waals surface area contributed by atoms with Gasteiger partial charge < -0.3 is 29.3 Å². The summed E-state index contributed by atoms with van der Waals surface area (Å²) in [4.78, 5) is 43.7. The number of rotatable bonds is 8. The summed E-state index contributed by atoms with van der Waals surface area (Å²) in [5.41, 5.74) is 0.581. The summed E-state index contributed by atoms with van der Waals surface area (Å²) in [5, 5.41) is 2.72. The smallest absolute Gasteiger partial charge is 0.408 e. The Hall–Kier alpha value is -3.59. The first-order chi connectivity index (χ1) is 19.0. The quantitative estimate of drug-likeness (QED) is 0.533. The van der Waals surface area contributed by atoms with Gasteiger partial charge in [-0.3, -0.25) is 9.59 Å². The minimum absolute atomic E-state index is 0.0228. The van der Waals surface area contributed by atoms with Crippen molar-refractivity contribution in [3.8, 4) is 5.75 Å². The Balaban J connectivity index is 1.51. The maximum absolute atomic E-state index is 13.9. The van der Waals surface area contributed by atoms with Crippen molar-refractivity contribution in [2.45, 2.75) is 57.8 Å². The summed E-state index contributed by atoms with van der Waals surface area (Å²) in [6.07, 6.45) is 0.711. The van der Waals surface area contributed by atoms with Crippen LogP contribution < -0.4 is 10.1 Å². The number of hydrogen-bond donors (Lipinski definition) is 1. The SMILES string of the molecule is COc1ccc(COCC(NC(=O)OC(C)(C)C)C(=O)N2CCC[C@@]3(C2)C(=O)N(C)CC3c2ccccc2)cc1. The van der Waals surface area contributed by atoms with Crippen molar-refractivity contribution in [3.63, 3.8) is 0 Å². The molecule has 2 heterocycles. The summed E-state index contributed by atoms with van der Waals surface area (Å²) in [6, 6.07) is 16.5. The molecule has 0 aromatic heterocycles. The Bertz CT molecular complexity index is 1180. The molecule has 3 amide bonds. The zero-order chi connectivity index (χ0) is 28.9. The van der Waals surface area contributed by atoms with E-state index in [9.17, 15) is 14.4 Å². The molecule has 0 aliphatic carbocycles. The summed E-state index contributed by atoms with van der Waals surface area (Å²) in [7, 11) is 3.43. The van der Waals surface area contributed by atoms with E-state index in [0.29, 0.717) is 32.5 Å². The Labute approximate surface area is 236 Å². The molecule has 1 spiro atoms. The average molecular weight is 552 g/mol. The first-order valence-corrected chi connectivity index (χ1v) is 13.8. The number of hydrogen-bond acceptors (Lipinski definition) is 6. The zero-order valence-electron chi connectivity index (χ0n) is 24.1. The highest BCUT2D eigenvalue weighted by atomic mass is 16.6. The van der Waals surface area contributed by atoms with Crippen LogP contribution in [-0.2, 0) is 25.7 Å². The summed E-state index contributed by atoms with van der Waals surface area (Å²) < 4.78 is 16.6. The molecule has 4 rings (SSSR count). The Morgan fingerprint density at radius 3 is 2.45 bits per heavy atom. The molecule has 2 aromatic carbocycles. The predicted molar refractivity (Wildman–Crippen MR) is 151 cm³/mol. The van der Waals surface area contributed by atoms with Crippen molar-refractivity contribution in [3.05, 3.63) is 65.7 Å². The van der Waals surface area contributed by atoms with E-state index in [1.807, 2.05) is 49.5 Å². The third-order valence-electron chi connectivity index (χ3n) is 7.63. The van der Waals surface area contributed by atoms with E-state index in [0.717, 1.165) is 16.9 Å². The molecule has 0 bridgehead atoms. The second kappa shape index (κ2) is 12.3. The minimum Gasteiger partial charge on any atom is -0.497 e. The molecule has 0 radical (unpaired) electrons. The highest BCUT2D eigenvalue weighted by Gasteiger charge is 2.55. The van der Waals surface area contributed by atoms with Crippen LogP contribution in [-0.4, -0.2) is 79.7 Å². The van der Waals surface area contributed by atoms with Crippen molar-refractivity contribution in [1.29, 1.82) is 0 Å². The van der Waals surface area contributed by atoms with Gasteiger partial charge in [-0.15, -0.1) is 0 Å². The van der Waals surface area contributed by atoms with Crippen LogP contribution >= 0.6 is 0 Å². The van der Waals surface area contributed by atoms with E-state index in [4.69, 9.17) is 14.2 Å². The van der Waals surface area contributed by atoms with E-state index < -0.39 is 23.2 Å². The Morgan fingerprint density at radius 2 is 1.80 bits per heavy atom. The largest absolute Gasteiger partial charge is 0.497 e. The molecule has 40 heavy (non-hydrogen) atoms. The number of amides is 3. The average Bonchev–Trinajstić information content (AvgIpc) is 3.16. The molecule has 2 saturated heterocycles. The topological polar surface area (TPSA) is 97.4 Å². The lowest BCUT2D eigenvalue weighted by Crippen LogP contribution is -2.57. The number of carbonyl (C=O) groups is 3. The fourth-order valence-corrected chi connectivity index (χ4v) is 5.76. The number of carbonyl (C=O) groups excluding carboxylic acids is 3. The number of nitrogens with one attached hydrogen (secondary N) is 1. The first kappa shape index (κ1) is 29.4. The highest BCUT2D eigenvalue weighted by molar-refractivity contribution is 5.90. The van der Waals surface area contributed by atoms with Crippen LogP contribution in [0.1, 0.15) is 50.7 Å². The van der Waals surface area contributed by atoms with Crippen LogP contribution in [0, 0.1) is 5.41 Å². The molecule has 216 valence electrons. The standard InChI is InChI=1S/C31H41N3O6/c1-30(2,3)40-29(37)32-26(20-39-19-22-12-14-24(38-5)15-13-22)27(35)34-17-9-16-31(21-34)25(18-33(4)28(31)36)23-10-7-6-8-11-23/h6-8,10-15,25-26H,9,16-21H2,1-5H3,(H,32,37)/t25?,26?,31-/m0/s1. The molecule has 2 fully saturated rings. The van der Waals surface area contributed by atoms with E-state index in [-0.39, 0.29) is 30.9 Å². The molecule has 1 N–H and O–H groups in total. The predicted octanol–water partition coefficient (Wildman–Crippen LogP) is 3.97. The van der Waals surface area contributed by atoms with E-state index in [1.54, 1.807) is 37.7 Å². The third kappa shape index (κ3) is 6.75. The van der Waals surface area contributed by atoms with Crippen molar-refractivity contribution in [2.24, 2.45) is 5.41 Å². The van der Waals surface area contributed by atoms with Gasteiger partial charge in [0, 0.05) is 32.6 Å². The summed E-state index contributed by atoms with van der Waals surface area (Å²) in [6.45, 7) is 6.92. The Kier molecular flexibility index (Phi) is 9.03. The van der Waals surface area contributed by atoms with E-state index >= 15 is 0 Å². The molecule has 2 unspecified atom stereocenters. The third-order valence-corrected chi connectivity index (χ3v) is 7.63. The van der Waals surface area contributed by atoms with Crippen LogP contribution in [0.4, 0.5) is 4.79 Å². The number of benzene rings is 2. The van der Waals surface area contributed by atoms with Gasteiger partial charge in [0.05, 0.1) is 25.7 Å². The second-order valence-corrected chi connectivity index (χ2v) is 11.7. The van der Waals surface area contributed by atoms with Crippen molar-refractivity contribution >= 4 is 17.9 Å². The number of ether oxygens (including phenoxy) is 3. The number of likely N-dealkylation sites (N-methyl/N-ethyl adjacent to an activating group) is 1. The molecular weight excluding hydrogens is 510 g/mol. The number of piperidine rings is 1. The van der Waals surface area contributed by atoms with Crippen molar-refractivity contribution in [2.75, 3.05) is 40.4 Å². The zero-order valence-corrected chi connectivity index (χ0v) is 24.1. The van der Waals surface area contributed by atoms with Gasteiger partial charge in [0.25, 0.3) is 0 Å². The van der Waals surface area contributed by atoms with Crippen LogP contribution in [0.5, 0.6) is 5.75 Å². The maximum Gasteiger partial charge on any atom is 0.408 e. The van der Waals surface area contributed by atoms with E-state index in [1.165, 1.54) is 0 Å². The fraction of sp³-hybridized carbons (Fsp3) is 0.516. The molecule has 2 aliphatic heterocycles. The minimum atomic E-state index is -0.965. The molecule has 3 atom stereocenters. The molecular formula is C31H41N3O6. The molecule has 2 aromatic rings. The van der Waals surface area contributed by atoms with Gasteiger partial charge >= 0.3 is 6.09 Å². The number of alkyl carbamates (subject to hydrolysis) is 1. The van der Waals surface area contributed by atoms with E-state index in [2.05, 4.69) is 17.4 Å². The number of nitrogens with zero attached hydrogens (tertiary/aromatic N) is 2. The lowest BCUT2D eigenvalue weighted by molar-refractivity contribution is -0.145. The van der Waals surface area contributed by atoms with Crippen LogP contribution in [0.15, 0.2) is 54.6 Å². The normalized spacial score (nSPS) is 21.8. The van der Waals surface area contributed by atoms with Gasteiger partial charge in [-0.2, -0.15) is 0 Å². The van der Waals surface area contributed by atoms with Gasteiger partial charge in [0.15, 0.2) is 0 Å². The lowest BCUT2D eigenvalue weighted by Gasteiger charge is -2.43. The molecule has 9 heteroatoms.